The fourth-order valence-electron chi connectivity index (χ4n) is 5.34. The van der Waals surface area contributed by atoms with Gasteiger partial charge in [-0.15, -0.1) is 0 Å². The average Bonchev–Trinajstić information content (AvgIpc) is 3.12. The molecule has 0 aromatic heterocycles. The van der Waals surface area contributed by atoms with Crippen LogP contribution in [0.15, 0.2) is 48.6 Å². The number of hydrogen-bond donors (Lipinski definition) is 2. The first-order chi connectivity index (χ1) is 26.0. The van der Waals surface area contributed by atoms with Crippen LogP contribution in [0.1, 0.15) is 155 Å². The topological polar surface area (TPSA) is 129 Å². The highest BCUT2D eigenvalue weighted by atomic mass is 31.2. The Morgan fingerprint density at radius 3 is 1.63 bits per heavy atom. The van der Waals surface area contributed by atoms with Gasteiger partial charge in [-0.25, -0.2) is 4.57 Å². The number of nitrogens with zero attached hydrogens (tertiary/aromatic N) is 1. The number of unbranched alkanes of at least 4 members (excludes halogenated alkanes) is 15. The summed E-state index contributed by atoms with van der Waals surface area (Å²) in [6.45, 7) is 2.34. The van der Waals surface area contributed by atoms with E-state index in [-0.39, 0.29) is 38.6 Å². The number of ether oxygens (including phenoxy) is 2. The van der Waals surface area contributed by atoms with Crippen LogP contribution in [0.4, 0.5) is 0 Å². The molecule has 0 bridgehead atoms. The lowest BCUT2D eigenvalue weighted by atomic mass is 10.0. The predicted molar refractivity (Wildman–Crippen MR) is 221 cm³/mol. The van der Waals surface area contributed by atoms with Crippen LogP contribution in [-0.2, 0) is 32.7 Å². The van der Waals surface area contributed by atoms with Crippen molar-refractivity contribution in [2.24, 2.45) is 0 Å². The second-order valence-electron chi connectivity index (χ2n) is 15.1. The van der Waals surface area contributed by atoms with E-state index < -0.39 is 26.5 Å². The summed E-state index contributed by atoms with van der Waals surface area (Å²) in [7, 11) is 1.42. The maximum absolute atomic E-state index is 12.6. The van der Waals surface area contributed by atoms with Crippen molar-refractivity contribution in [2.75, 3.05) is 54.1 Å². The second kappa shape index (κ2) is 36.6. The molecule has 0 aromatic carbocycles. The summed E-state index contributed by atoms with van der Waals surface area (Å²) < 4.78 is 34.1. The molecule has 0 aliphatic heterocycles. The molecule has 0 amide bonds. The molecule has 0 fully saturated rings. The highest BCUT2D eigenvalue weighted by molar-refractivity contribution is 7.47. The summed E-state index contributed by atoms with van der Waals surface area (Å²) in [5.74, 6) is -0.880. The maximum atomic E-state index is 12.6. The van der Waals surface area contributed by atoms with Gasteiger partial charge < -0.3 is 24.0 Å². The van der Waals surface area contributed by atoms with Gasteiger partial charge in [0.25, 0.3) is 0 Å². The Morgan fingerprint density at radius 1 is 0.611 bits per heavy atom. The number of phosphoric acid groups is 1. The first-order valence-electron chi connectivity index (χ1n) is 21.0. The van der Waals surface area contributed by atoms with E-state index in [0.717, 1.165) is 64.2 Å². The molecular formula is C43H79NO9P+. The highest BCUT2D eigenvalue weighted by Crippen LogP contribution is 2.43. The van der Waals surface area contributed by atoms with E-state index >= 15 is 0 Å². The number of esters is 2. The van der Waals surface area contributed by atoms with E-state index in [9.17, 15) is 19.0 Å². The Balaban J connectivity index is 4.49. The molecule has 0 saturated carbocycles. The molecule has 0 saturated heterocycles. The summed E-state index contributed by atoms with van der Waals surface area (Å²) >= 11 is 0. The summed E-state index contributed by atoms with van der Waals surface area (Å²) in [5, 5.41) is 8.79. The lowest BCUT2D eigenvalue weighted by Crippen LogP contribution is -2.37. The molecule has 314 valence electrons. The smallest absolute Gasteiger partial charge is 0.462 e. The van der Waals surface area contributed by atoms with Crippen molar-refractivity contribution in [3.8, 4) is 0 Å². The molecule has 10 nitrogen and oxygen atoms in total. The van der Waals surface area contributed by atoms with Gasteiger partial charge in [0.2, 0.25) is 0 Å². The summed E-state index contributed by atoms with van der Waals surface area (Å²) in [6, 6.07) is 0. The van der Waals surface area contributed by atoms with E-state index in [1.165, 1.54) is 57.8 Å². The first kappa shape index (κ1) is 51.9. The Hall–Kier alpha value is -2.07. The number of carbonyl (C=O) groups excluding carboxylic acids is 2. The standard InChI is InChI=1S/C43H78NO9P/c1-5-6-7-8-9-10-11-19-22-25-28-31-34-42(46)50-39-41(40-52-54(48,49)51-38-36-44(2,3)4)53-43(47)35-32-29-26-23-20-17-15-13-12-14-16-18-21-24-27-30-33-37-45/h12,14-15,17-18,21,23,26,41,45H,5-11,13,16,19-20,22,24-25,27-40H2,1-4H3/p+1/b14-12-,17-15-,21-18-,26-23-. The van der Waals surface area contributed by atoms with Gasteiger partial charge in [0.1, 0.15) is 19.8 Å². The Morgan fingerprint density at radius 2 is 1.09 bits per heavy atom. The maximum Gasteiger partial charge on any atom is 0.472 e. The lowest BCUT2D eigenvalue weighted by Gasteiger charge is -2.24. The van der Waals surface area contributed by atoms with Gasteiger partial charge in [-0.2, -0.15) is 0 Å². The molecular weight excluding hydrogens is 705 g/mol. The Kier molecular flexibility index (Phi) is 35.2. The van der Waals surface area contributed by atoms with Crippen LogP contribution in [0.3, 0.4) is 0 Å². The number of quaternary nitrogens is 1. The van der Waals surface area contributed by atoms with Gasteiger partial charge in [-0.3, -0.25) is 18.6 Å². The minimum Gasteiger partial charge on any atom is -0.462 e. The van der Waals surface area contributed by atoms with Crippen LogP contribution in [0.5, 0.6) is 0 Å². The molecule has 0 aliphatic carbocycles. The van der Waals surface area contributed by atoms with Crippen molar-refractivity contribution in [3.63, 3.8) is 0 Å². The van der Waals surface area contributed by atoms with E-state index in [4.69, 9.17) is 23.6 Å². The van der Waals surface area contributed by atoms with Crippen molar-refractivity contribution in [1.29, 1.82) is 0 Å². The van der Waals surface area contributed by atoms with Crippen LogP contribution in [0, 0.1) is 0 Å². The number of carbonyl (C=O) groups is 2. The van der Waals surface area contributed by atoms with Crippen LogP contribution < -0.4 is 0 Å². The molecule has 2 unspecified atom stereocenters. The van der Waals surface area contributed by atoms with Gasteiger partial charge >= 0.3 is 19.8 Å². The molecule has 0 aliphatic rings. The van der Waals surface area contributed by atoms with Crippen LogP contribution in [-0.4, -0.2) is 86.6 Å². The van der Waals surface area contributed by atoms with Gasteiger partial charge in [0.05, 0.1) is 27.7 Å². The van der Waals surface area contributed by atoms with Crippen molar-refractivity contribution in [2.45, 2.75) is 161 Å². The first-order valence-corrected chi connectivity index (χ1v) is 22.5. The van der Waals surface area contributed by atoms with Crippen molar-refractivity contribution >= 4 is 19.8 Å². The molecule has 0 aromatic rings. The molecule has 0 spiro atoms. The number of rotatable bonds is 38. The number of phosphoric ester groups is 1. The third-order valence-electron chi connectivity index (χ3n) is 8.67. The van der Waals surface area contributed by atoms with Gasteiger partial charge in [0, 0.05) is 19.4 Å². The average molecular weight is 785 g/mol. The summed E-state index contributed by atoms with van der Waals surface area (Å²) in [5.41, 5.74) is 0. The predicted octanol–water partition coefficient (Wildman–Crippen LogP) is 10.5. The van der Waals surface area contributed by atoms with Crippen LogP contribution in [0.2, 0.25) is 0 Å². The fourth-order valence-corrected chi connectivity index (χ4v) is 6.08. The largest absolute Gasteiger partial charge is 0.472 e. The van der Waals surface area contributed by atoms with Crippen molar-refractivity contribution in [3.05, 3.63) is 48.6 Å². The number of aliphatic hydroxyl groups is 1. The zero-order chi connectivity index (χ0) is 40.0. The number of aliphatic hydroxyl groups excluding tert-OH is 1. The molecule has 0 heterocycles. The fraction of sp³-hybridized carbons (Fsp3) is 0.767. The quantitative estimate of drug-likeness (QED) is 0.0207. The number of allylic oxidation sites excluding steroid dienone is 8. The second-order valence-corrected chi connectivity index (χ2v) is 16.6. The van der Waals surface area contributed by atoms with Crippen molar-refractivity contribution < 1.29 is 47.2 Å². The van der Waals surface area contributed by atoms with Crippen LogP contribution >= 0.6 is 7.82 Å². The van der Waals surface area contributed by atoms with E-state index in [2.05, 4.69) is 49.5 Å². The third-order valence-corrected chi connectivity index (χ3v) is 9.65. The summed E-state index contributed by atoms with van der Waals surface area (Å²) in [6.07, 6.45) is 38.9. The molecule has 11 heteroatoms. The molecule has 0 rings (SSSR count). The molecule has 54 heavy (non-hydrogen) atoms. The van der Waals surface area contributed by atoms with Gasteiger partial charge in [-0.1, -0.05) is 133 Å². The van der Waals surface area contributed by atoms with E-state index in [1.54, 1.807) is 0 Å². The Labute approximate surface area is 329 Å². The number of likely N-dealkylation sites (N-methyl/N-ethyl adjacent to an activating group) is 1. The van der Waals surface area contributed by atoms with E-state index in [1.807, 2.05) is 27.2 Å². The third kappa shape index (κ3) is 39.6. The highest BCUT2D eigenvalue weighted by Gasteiger charge is 2.27. The lowest BCUT2D eigenvalue weighted by molar-refractivity contribution is -0.870. The Bertz CT molecular complexity index is 1070. The normalized spacial score (nSPS) is 14.1. The van der Waals surface area contributed by atoms with Gasteiger partial charge in [0.15, 0.2) is 6.10 Å². The van der Waals surface area contributed by atoms with Gasteiger partial charge in [-0.05, 0) is 57.8 Å². The van der Waals surface area contributed by atoms with E-state index in [0.29, 0.717) is 23.9 Å². The minimum atomic E-state index is -4.39. The molecule has 2 atom stereocenters. The summed E-state index contributed by atoms with van der Waals surface area (Å²) in [4.78, 5) is 35.2. The number of hydrogen-bond acceptors (Lipinski definition) is 8. The molecule has 0 radical (unpaired) electrons. The zero-order valence-electron chi connectivity index (χ0n) is 34.6. The minimum absolute atomic E-state index is 0.0160. The van der Waals surface area contributed by atoms with Crippen molar-refractivity contribution in [1.82, 2.24) is 0 Å². The molecule has 2 N–H and O–H groups in total. The van der Waals surface area contributed by atoms with Crippen LogP contribution in [0.25, 0.3) is 0 Å². The zero-order valence-corrected chi connectivity index (χ0v) is 35.5. The SMILES string of the molecule is CCCCCCCCCCCCCCC(=O)OCC(COP(=O)(O)OCC[N+](C)(C)C)OC(=O)CCC/C=C\C/C=C\C/C=C\C/C=C\CCCCCO. The monoisotopic (exact) mass is 785 g/mol.